The smallest absolute Gasteiger partial charge is 0.246 e. The number of aromatic nitrogens is 2. The summed E-state index contributed by atoms with van der Waals surface area (Å²) in [6.07, 6.45) is 4.94. The highest BCUT2D eigenvalue weighted by Crippen LogP contribution is 2.11. The molecule has 4 heteroatoms. The van der Waals surface area contributed by atoms with Gasteiger partial charge < -0.3 is 9.47 Å². The first-order chi connectivity index (χ1) is 6.31. The van der Waals surface area contributed by atoms with E-state index >= 15 is 0 Å². The van der Waals surface area contributed by atoms with Gasteiger partial charge in [-0.05, 0) is 6.08 Å². The number of rotatable bonds is 1. The number of carbonyl (C=O) groups is 1. The van der Waals surface area contributed by atoms with E-state index in [4.69, 9.17) is 0 Å². The van der Waals surface area contributed by atoms with Crippen LogP contribution < -0.4 is 0 Å². The van der Waals surface area contributed by atoms with Crippen molar-refractivity contribution in [2.75, 3.05) is 6.54 Å². The Morgan fingerprint density at radius 3 is 3.23 bits per heavy atom. The fraction of sp³-hybridized carbons (Fsp3) is 0.333. The molecule has 0 spiro atoms. The second kappa shape index (κ2) is 3.05. The maximum atomic E-state index is 11.3. The quantitative estimate of drug-likeness (QED) is 0.583. The third-order valence-electron chi connectivity index (χ3n) is 2.25. The summed E-state index contributed by atoms with van der Waals surface area (Å²) in [6, 6.07) is 0. The Morgan fingerprint density at radius 1 is 1.62 bits per heavy atom. The lowest BCUT2D eigenvalue weighted by Gasteiger charge is -2.26. The van der Waals surface area contributed by atoms with Gasteiger partial charge in [-0.25, -0.2) is 4.98 Å². The van der Waals surface area contributed by atoms with Crippen molar-refractivity contribution in [2.24, 2.45) is 0 Å². The summed E-state index contributed by atoms with van der Waals surface area (Å²) in [5, 5.41) is 0. The van der Waals surface area contributed by atoms with Crippen molar-refractivity contribution >= 4 is 5.91 Å². The van der Waals surface area contributed by atoms with E-state index in [0.29, 0.717) is 6.54 Å². The molecule has 2 rings (SSSR count). The molecule has 0 unspecified atom stereocenters. The molecule has 2 heterocycles. The predicted octanol–water partition coefficient (Wildman–Crippen LogP) is 0.411. The molecule has 0 saturated carbocycles. The van der Waals surface area contributed by atoms with Gasteiger partial charge >= 0.3 is 0 Å². The highest BCUT2D eigenvalue weighted by Gasteiger charge is 2.17. The minimum Gasteiger partial charge on any atom is -0.332 e. The Kier molecular flexibility index (Phi) is 1.88. The molecule has 0 atom stereocenters. The summed E-state index contributed by atoms with van der Waals surface area (Å²) in [5.41, 5.74) is 1.08. The van der Waals surface area contributed by atoms with Gasteiger partial charge in [0.1, 0.15) is 0 Å². The Hall–Kier alpha value is -1.58. The largest absolute Gasteiger partial charge is 0.332 e. The van der Waals surface area contributed by atoms with E-state index in [0.717, 1.165) is 18.8 Å². The third-order valence-corrected chi connectivity index (χ3v) is 2.25. The van der Waals surface area contributed by atoms with Crippen LogP contribution in [0.25, 0.3) is 0 Å². The topological polar surface area (TPSA) is 38.1 Å². The minimum absolute atomic E-state index is 0.00699. The summed E-state index contributed by atoms with van der Waals surface area (Å²) in [4.78, 5) is 17.1. The van der Waals surface area contributed by atoms with Gasteiger partial charge in [0.15, 0.2) is 0 Å². The van der Waals surface area contributed by atoms with Crippen LogP contribution in [0.3, 0.4) is 0 Å². The molecular weight excluding hydrogens is 166 g/mol. The van der Waals surface area contributed by atoms with E-state index in [1.54, 1.807) is 17.4 Å². The van der Waals surface area contributed by atoms with Gasteiger partial charge in [-0.15, -0.1) is 0 Å². The molecule has 0 radical (unpaired) electrons. The average Bonchev–Trinajstić information content (AvgIpc) is 2.63. The van der Waals surface area contributed by atoms with Gasteiger partial charge in [0, 0.05) is 19.3 Å². The number of hydrogen-bond donors (Lipinski definition) is 0. The average molecular weight is 177 g/mol. The molecule has 0 aromatic carbocycles. The van der Waals surface area contributed by atoms with Gasteiger partial charge in [0.2, 0.25) is 5.91 Å². The van der Waals surface area contributed by atoms with Crippen molar-refractivity contribution in [1.82, 2.24) is 14.5 Å². The molecule has 68 valence electrons. The highest BCUT2D eigenvalue weighted by atomic mass is 16.2. The van der Waals surface area contributed by atoms with E-state index in [9.17, 15) is 4.79 Å². The molecule has 0 saturated heterocycles. The first-order valence-electron chi connectivity index (χ1n) is 4.21. The third kappa shape index (κ3) is 1.35. The molecule has 0 bridgehead atoms. The zero-order valence-corrected chi connectivity index (χ0v) is 7.31. The number of imidazole rings is 1. The van der Waals surface area contributed by atoms with Crippen LogP contribution in [0.2, 0.25) is 0 Å². The van der Waals surface area contributed by atoms with Crippen molar-refractivity contribution < 1.29 is 4.79 Å². The van der Waals surface area contributed by atoms with Crippen LogP contribution in [-0.4, -0.2) is 26.9 Å². The van der Waals surface area contributed by atoms with Crippen molar-refractivity contribution in [3.05, 3.63) is 30.9 Å². The monoisotopic (exact) mass is 177 g/mol. The van der Waals surface area contributed by atoms with Crippen LogP contribution in [0.4, 0.5) is 0 Å². The number of amides is 1. The molecule has 0 N–H and O–H groups in total. The van der Waals surface area contributed by atoms with Crippen molar-refractivity contribution in [1.29, 1.82) is 0 Å². The van der Waals surface area contributed by atoms with Crippen molar-refractivity contribution in [2.45, 2.75) is 13.1 Å². The molecule has 1 aromatic rings. The van der Waals surface area contributed by atoms with Crippen LogP contribution in [0.1, 0.15) is 5.69 Å². The molecule has 4 nitrogen and oxygen atoms in total. The van der Waals surface area contributed by atoms with Gasteiger partial charge in [0.05, 0.1) is 18.6 Å². The number of nitrogens with zero attached hydrogens (tertiary/aromatic N) is 3. The van der Waals surface area contributed by atoms with Gasteiger partial charge in [-0.2, -0.15) is 0 Å². The number of carbonyl (C=O) groups excluding carboxylic acids is 1. The standard InChI is InChI=1S/C9H11N3O/c1-2-9(13)11-3-4-12-7-10-5-8(12)6-11/h2,5,7H,1,3-4,6H2. The molecule has 1 aliphatic heterocycles. The maximum Gasteiger partial charge on any atom is 0.246 e. The Morgan fingerprint density at radius 2 is 2.46 bits per heavy atom. The molecule has 13 heavy (non-hydrogen) atoms. The zero-order valence-electron chi connectivity index (χ0n) is 7.31. The van der Waals surface area contributed by atoms with Crippen LogP contribution in [0, 0.1) is 0 Å². The van der Waals surface area contributed by atoms with E-state index in [1.165, 1.54) is 6.08 Å². The van der Waals surface area contributed by atoms with Crippen LogP contribution in [0.15, 0.2) is 25.2 Å². The number of hydrogen-bond acceptors (Lipinski definition) is 2. The first kappa shape index (κ1) is 8.04. The van der Waals surface area contributed by atoms with Crippen LogP contribution >= 0.6 is 0 Å². The Bertz CT molecular complexity index is 342. The number of fused-ring (bicyclic) bond motifs is 1. The van der Waals surface area contributed by atoms with E-state index in [2.05, 4.69) is 16.1 Å². The summed E-state index contributed by atoms with van der Waals surface area (Å²) in [6.45, 7) is 5.68. The normalized spacial score (nSPS) is 15.2. The molecule has 0 aliphatic carbocycles. The van der Waals surface area contributed by atoms with Crippen molar-refractivity contribution in [3.8, 4) is 0 Å². The lowest BCUT2D eigenvalue weighted by atomic mass is 10.3. The second-order valence-electron chi connectivity index (χ2n) is 3.04. The van der Waals surface area contributed by atoms with Crippen molar-refractivity contribution in [3.63, 3.8) is 0 Å². The van der Waals surface area contributed by atoms with E-state index in [1.807, 2.05) is 0 Å². The summed E-state index contributed by atoms with van der Waals surface area (Å²) in [5.74, 6) is -0.00699. The highest BCUT2D eigenvalue weighted by molar-refractivity contribution is 5.86. The lowest BCUT2D eigenvalue weighted by Crippen LogP contribution is -2.36. The fourth-order valence-electron chi connectivity index (χ4n) is 1.50. The Balaban J connectivity index is 2.17. The Labute approximate surface area is 76.5 Å². The van der Waals surface area contributed by atoms with E-state index < -0.39 is 0 Å². The van der Waals surface area contributed by atoms with E-state index in [-0.39, 0.29) is 5.91 Å². The summed E-state index contributed by atoms with van der Waals surface area (Å²) >= 11 is 0. The molecule has 0 fully saturated rings. The molecule has 1 aromatic heterocycles. The fourth-order valence-corrected chi connectivity index (χ4v) is 1.50. The summed E-state index contributed by atoms with van der Waals surface area (Å²) in [7, 11) is 0. The van der Waals surface area contributed by atoms with Gasteiger partial charge in [-0.3, -0.25) is 4.79 Å². The molecule has 1 amide bonds. The molecule has 1 aliphatic rings. The van der Waals surface area contributed by atoms with Crippen LogP contribution in [0.5, 0.6) is 0 Å². The summed E-state index contributed by atoms with van der Waals surface area (Å²) < 4.78 is 2.06. The first-order valence-corrected chi connectivity index (χ1v) is 4.21. The molecular formula is C9H11N3O. The van der Waals surface area contributed by atoms with Gasteiger partial charge in [0.25, 0.3) is 0 Å². The van der Waals surface area contributed by atoms with Crippen LogP contribution in [-0.2, 0) is 17.9 Å². The van der Waals surface area contributed by atoms with Gasteiger partial charge in [-0.1, -0.05) is 6.58 Å². The second-order valence-corrected chi connectivity index (χ2v) is 3.04. The predicted molar refractivity (Wildman–Crippen MR) is 47.8 cm³/mol. The zero-order chi connectivity index (χ0) is 9.26. The maximum absolute atomic E-state index is 11.3. The SMILES string of the molecule is C=CC(=O)N1CCn2cncc2C1. The lowest BCUT2D eigenvalue weighted by molar-refractivity contribution is -0.127. The minimum atomic E-state index is -0.00699.